The zero-order valence-electron chi connectivity index (χ0n) is 14.9. The molecule has 0 radical (unpaired) electrons. The number of hydrogen-bond acceptors (Lipinski definition) is 6. The molecule has 1 aliphatic rings. The summed E-state index contributed by atoms with van der Waals surface area (Å²) in [5.74, 6) is 0.236. The predicted molar refractivity (Wildman–Crippen MR) is 99.3 cm³/mol. The summed E-state index contributed by atoms with van der Waals surface area (Å²) in [7, 11) is 1.50. The first-order valence-corrected chi connectivity index (χ1v) is 8.76. The van der Waals surface area contributed by atoms with E-state index in [9.17, 15) is 4.79 Å². The van der Waals surface area contributed by atoms with Gasteiger partial charge in [-0.3, -0.25) is 14.8 Å². The lowest BCUT2D eigenvalue weighted by Crippen LogP contribution is -2.28. The Morgan fingerprint density at radius 1 is 1.11 bits per heavy atom. The average molecular weight is 361 g/mol. The lowest BCUT2D eigenvalue weighted by atomic mass is 9.97. The van der Waals surface area contributed by atoms with Gasteiger partial charge in [0.1, 0.15) is 0 Å². The van der Waals surface area contributed by atoms with Crippen LogP contribution in [0.3, 0.4) is 0 Å². The maximum atomic E-state index is 12.7. The third-order valence-electron chi connectivity index (χ3n) is 4.76. The van der Waals surface area contributed by atoms with Crippen LogP contribution in [-0.2, 0) is 0 Å². The van der Waals surface area contributed by atoms with Crippen LogP contribution in [0.1, 0.15) is 28.3 Å². The fourth-order valence-corrected chi connectivity index (χ4v) is 3.31. The lowest BCUT2D eigenvalue weighted by molar-refractivity contribution is 0.0789. The van der Waals surface area contributed by atoms with Crippen molar-refractivity contribution in [2.24, 2.45) is 0 Å². The number of amides is 1. The number of ether oxygens (including phenoxy) is 1. The van der Waals surface area contributed by atoms with Gasteiger partial charge >= 0.3 is 6.01 Å². The number of pyridine rings is 2. The summed E-state index contributed by atoms with van der Waals surface area (Å²) in [6.07, 6.45) is 9.29. The first kappa shape index (κ1) is 17.1. The first-order chi connectivity index (χ1) is 13.2. The van der Waals surface area contributed by atoms with Crippen LogP contribution in [0, 0.1) is 0 Å². The molecule has 3 aromatic rings. The highest BCUT2D eigenvalue weighted by Crippen LogP contribution is 2.30. The van der Waals surface area contributed by atoms with Gasteiger partial charge < -0.3 is 9.64 Å². The number of methoxy groups -OCH3 is 1. The molecule has 3 aromatic heterocycles. The molecule has 1 saturated heterocycles. The molecule has 1 aliphatic heterocycles. The van der Waals surface area contributed by atoms with Crippen molar-refractivity contribution in [3.05, 3.63) is 66.4 Å². The van der Waals surface area contributed by atoms with E-state index in [2.05, 4.69) is 26.0 Å². The van der Waals surface area contributed by atoms with E-state index in [1.54, 1.807) is 12.4 Å². The van der Waals surface area contributed by atoms with Crippen molar-refractivity contribution in [1.82, 2.24) is 24.8 Å². The largest absolute Gasteiger partial charge is 0.467 e. The highest BCUT2D eigenvalue weighted by molar-refractivity contribution is 5.93. The van der Waals surface area contributed by atoms with Crippen molar-refractivity contribution < 1.29 is 9.53 Å². The van der Waals surface area contributed by atoms with Crippen LogP contribution >= 0.6 is 0 Å². The van der Waals surface area contributed by atoms with Crippen LogP contribution < -0.4 is 4.74 Å². The van der Waals surface area contributed by atoms with Gasteiger partial charge in [-0.2, -0.15) is 0 Å². The van der Waals surface area contributed by atoms with Gasteiger partial charge in [0.2, 0.25) is 0 Å². The number of nitrogens with zero attached hydrogens (tertiary/aromatic N) is 5. The van der Waals surface area contributed by atoms with Gasteiger partial charge in [0.25, 0.3) is 5.91 Å². The van der Waals surface area contributed by atoms with Crippen LogP contribution in [0.15, 0.2) is 55.2 Å². The number of carbonyl (C=O) groups is 1. The molecular weight excluding hydrogens is 342 g/mol. The first-order valence-electron chi connectivity index (χ1n) is 8.76. The standard InChI is InChI=1S/C20H19N5O2/c1-27-20-23-11-17(12-24-20)19(26)25-9-5-16(13-25)15-4-8-22-18(10-15)14-2-6-21-7-3-14/h2-4,6-8,10-12,16H,5,9,13H2,1H3/t16-/m1/s1. The van der Waals surface area contributed by atoms with Crippen molar-refractivity contribution in [3.63, 3.8) is 0 Å². The minimum atomic E-state index is -0.0523. The molecule has 7 nitrogen and oxygen atoms in total. The van der Waals surface area contributed by atoms with Gasteiger partial charge in [-0.05, 0) is 36.2 Å². The van der Waals surface area contributed by atoms with Crippen LogP contribution in [0.25, 0.3) is 11.3 Å². The fourth-order valence-electron chi connectivity index (χ4n) is 3.31. The molecule has 4 heterocycles. The van der Waals surface area contributed by atoms with Gasteiger partial charge in [0.05, 0.1) is 18.4 Å². The van der Waals surface area contributed by atoms with Crippen molar-refractivity contribution >= 4 is 5.91 Å². The summed E-state index contributed by atoms with van der Waals surface area (Å²) in [5.41, 5.74) is 3.62. The Hall–Kier alpha value is -3.35. The van der Waals surface area contributed by atoms with E-state index in [0.717, 1.165) is 17.7 Å². The zero-order valence-corrected chi connectivity index (χ0v) is 14.9. The van der Waals surface area contributed by atoms with E-state index in [1.807, 2.05) is 29.3 Å². The van der Waals surface area contributed by atoms with Crippen LogP contribution in [0.5, 0.6) is 6.01 Å². The van der Waals surface area contributed by atoms with Crippen molar-refractivity contribution in [2.45, 2.75) is 12.3 Å². The Kier molecular flexibility index (Phi) is 4.74. The van der Waals surface area contributed by atoms with E-state index < -0.39 is 0 Å². The molecule has 0 unspecified atom stereocenters. The van der Waals surface area contributed by atoms with Crippen LogP contribution in [-0.4, -0.2) is 50.9 Å². The van der Waals surface area contributed by atoms with Gasteiger partial charge in [0.15, 0.2) is 0 Å². The second-order valence-corrected chi connectivity index (χ2v) is 6.41. The van der Waals surface area contributed by atoms with E-state index in [-0.39, 0.29) is 17.8 Å². The zero-order chi connectivity index (χ0) is 18.6. The van der Waals surface area contributed by atoms with Crippen molar-refractivity contribution in [2.75, 3.05) is 20.2 Å². The number of carbonyl (C=O) groups excluding carboxylic acids is 1. The molecular formula is C20H19N5O2. The monoisotopic (exact) mass is 361 g/mol. The topological polar surface area (TPSA) is 81.1 Å². The van der Waals surface area contributed by atoms with Gasteiger partial charge in [-0.25, -0.2) is 9.97 Å². The minimum absolute atomic E-state index is 0.0523. The Bertz CT molecular complexity index is 931. The maximum Gasteiger partial charge on any atom is 0.316 e. The lowest BCUT2D eigenvalue weighted by Gasteiger charge is -2.17. The minimum Gasteiger partial charge on any atom is -0.467 e. The molecule has 136 valence electrons. The quantitative estimate of drug-likeness (QED) is 0.710. The highest BCUT2D eigenvalue weighted by Gasteiger charge is 2.28. The summed E-state index contributed by atoms with van der Waals surface area (Å²) in [6.45, 7) is 1.38. The van der Waals surface area contributed by atoms with Crippen LogP contribution in [0.4, 0.5) is 0 Å². The summed E-state index contributed by atoms with van der Waals surface area (Å²) >= 11 is 0. The van der Waals surface area contributed by atoms with Crippen LogP contribution in [0.2, 0.25) is 0 Å². The van der Waals surface area contributed by atoms with E-state index >= 15 is 0 Å². The molecule has 1 fully saturated rings. The molecule has 0 N–H and O–H groups in total. The van der Waals surface area contributed by atoms with Gasteiger partial charge in [-0.1, -0.05) is 0 Å². The van der Waals surface area contributed by atoms with E-state index in [1.165, 1.54) is 25.1 Å². The maximum absolute atomic E-state index is 12.7. The molecule has 7 heteroatoms. The summed E-state index contributed by atoms with van der Waals surface area (Å²) in [4.78, 5) is 31.1. The smallest absolute Gasteiger partial charge is 0.316 e. The molecule has 27 heavy (non-hydrogen) atoms. The Morgan fingerprint density at radius 3 is 2.63 bits per heavy atom. The number of likely N-dealkylation sites (tertiary alicyclic amines) is 1. The number of aromatic nitrogens is 4. The van der Waals surface area contributed by atoms with Gasteiger partial charge in [-0.15, -0.1) is 0 Å². The fraction of sp³-hybridized carbons (Fsp3) is 0.250. The molecule has 1 atom stereocenters. The summed E-state index contributed by atoms with van der Waals surface area (Å²) < 4.78 is 4.94. The Labute approximate surface area is 157 Å². The molecule has 1 amide bonds. The number of rotatable bonds is 4. The summed E-state index contributed by atoms with van der Waals surface area (Å²) in [5, 5.41) is 0. The van der Waals surface area contributed by atoms with Crippen molar-refractivity contribution in [3.8, 4) is 17.3 Å². The SMILES string of the molecule is COc1ncc(C(=O)N2CC[C@@H](c3ccnc(-c4ccncc4)c3)C2)cn1. The molecule has 0 spiro atoms. The highest BCUT2D eigenvalue weighted by atomic mass is 16.5. The molecule has 0 aromatic carbocycles. The number of hydrogen-bond donors (Lipinski definition) is 0. The summed E-state index contributed by atoms with van der Waals surface area (Å²) in [6, 6.07) is 8.27. The average Bonchev–Trinajstić information content (AvgIpc) is 3.24. The molecule has 4 rings (SSSR count). The molecule has 0 bridgehead atoms. The van der Waals surface area contributed by atoms with E-state index in [4.69, 9.17) is 4.74 Å². The predicted octanol–water partition coefficient (Wildman–Crippen LogP) is 2.57. The Balaban J connectivity index is 1.48. The molecule has 0 saturated carbocycles. The second kappa shape index (κ2) is 7.49. The van der Waals surface area contributed by atoms with Gasteiger partial charge in [0, 0.05) is 55.6 Å². The van der Waals surface area contributed by atoms with E-state index in [0.29, 0.717) is 18.7 Å². The normalized spacial score (nSPS) is 16.3. The van der Waals surface area contributed by atoms with Crippen molar-refractivity contribution in [1.29, 1.82) is 0 Å². The third-order valence-corrected chi connectivity index (χ3v) is 4.76. The third kappa shape index (κ3) is 3.62. The second-order valence-electron chi connectivity index (χ2n) is 6.41. The molecule has 0 aliphatic carbocycles. The Morgan fingerprint density at radius 2 is 1.89 bits per heavy atom.